The Morgan fingerprint density at radius 2 is 1.93 bits per heavy atom. The van der Waals surface area contributed by atoms with Gasteiger partial charge in [0.15, 0.2) is 6.54 Å². The van der Waals surface area contributed by atoms with Gasteiger partial charge in [0.2, 0.25) is 0 Å². The average molecular weight is 401 g/mol. The predicted molar refractivity (Wildman–Crippen MR) is 114 cm³/mol. The van der Waals surface area contributed by atoms with Crippen LogP contribution in [-0.4, -0.2) is 18.4 Å². The van der Waals surface area contributed by atoms with Gasteiger partial charge in [0.05, 0.1) is 5.56 Å². The monoisotopic (exact) mass is 400 g/mol. The van der Waals surface area contributed by atoms with Gasteiger partial charge in [-0.15, -0.1) is 11.3 Å². The van der Waals surface area contributed by atoms with Crippen LogP contribution in [0.2, 0.25) is 0 Å². The van der Waals surface area contributed by atoms with Crippen LogP contribution in [0.3, 0.4) is 0 Å². The van der Waals surface area contributed by atoms with Crippen LogP contribution in [0.25, 0.3) is 0 Å². The summed E-state index contributed by atoms with van der Waals surface area (Å²) < 4.78 is 0. The minimum Gasteiger partial charge on any atom is -0.365 e. The summed E-state index contributed by atoms with van der Waals surface area (Å²) in [4.78, 5) is 25.7. The zero-order valence-corrected chi connectivity index (χ0v) is 17.7. The van der Waals surface area contributed by atoms with Gasteiger partial charge in [-0.25, -0.2) is 0 Å². The van der Waals surface area contributed by atoms with Crippen molar-refractivity contribution in [1.82, 2.24) is 0 Å². The van der Waals surface area contributed by atoms with E-state index in [4.69, 9.17) is 5.73 Å². The summed E-state index contributed by atoms with van der Waals surface area (Å²) in [5.41, 5.74) is 9.67. The first kappa shape index (κ1) is 20.6. The summed E-state index contributed by atoms with van der Waals surface area (Å²) in [6, 6.07) is 8.84. The van der Waals surface area contributed by atoms with Crippen LogP contribution in [-0.2, 0) is 24.1 Å². The number of fused-ring (bicyclic) bond motifs is 1. The van der Waals surface area contributed by atoms with E-state index in [0.29, 0.717) is 23.0 Å². The molecule has 0 spiro atoms. The molecular weight excluding hydrogens is 370 g/mol. The second kappa shape index (κ2) is 8.88. The molecule has 1 atom stereocenters. The average Bonchev–Trinajstić information content (AvgIpc) is 3.22. The summed E-state index contributed by atoms with van der Waals surface area (Å²) in [5, 5.41) is 5.62. The van der Waals surface area contributed by atoms with E-state index < -0.39 is 5.91 Å². The molecule has 5 nitrogen and oxygen atoms in total. The Morgan fingerprint density at radius 3 is 2.54 bits per heavy atom. The predicted octanol–water partition coefficient (Wildman–Crippen LogP) is 2.80. The van der Waals surface area contributed by atoms with E-state index >= 15 is 0 Å². The van der Waals surface area contributed by atoms with E-state index in [1.807, 2.05) is 0 Å². The maximum absolute atomic E-state index is 12.6. The molecule has 1 aliphatic rings. The quantitative estimate of drug-likeness (QED) is 0.636. The largest absolute Gasteiger partial charge is 0.365 e. The van der Waals surface area contributed by atoms with Gasteiger partial charge >= 0.3 is 0 Å². The SMILES string of the molecule is CCc1ccc([C@@H]([NH2+]CC(=O)Nc2sc3c(c2C(N)=O)CCC3)C(C)C)cc1. The molecule has 0 radical (unpaired) electrons. The molecule has 1 aromatic carbocycles. The van der Waals surface area contributed by atoms with E-state index in [-0.39, 0.29) is 11.9 Å². The van der Waals surface area contributed by atoms with Crippen LogP contribution in [0, 0.1) is 5.92 Å². The Hall–Kier alpha value is -2.18. The first-order chi connectivity index (χ1) is 13.4. The molecule has 1 aromatic heterocycles. The molecule has 0 fully saturated rings. The number of benzene rings is 1. The van der Waals surface area contributed by atoms with Gasteiger partial charge in [0.25, 0.3) is 11.8 Å². The van der Waals surface area contributed by atoms with Crippen molar-refractivity contribution in [2.24, 2.45) is 11.7 Å². The number of nitrogens with one attached hydrogen (secondary N) is 1. The van der Waals surface area contributed by atoms with Crippen LogP contribution in [0.4, 0.5) is 5.00 Å². The number of anilines is 1. The third-order valence-corrected chi connectivity index (χ3v) is 6.68. The summed E-state index contributed by atoms with van der Waals surface area (Å²) in [6.07, 6.45) is 3.91. The standard InChI is InChI=1S/C22H29N3O2S/c1-4-14-8-10-15(11-9-14)20(13(2)3)24-12-18(26)25-22-19(21(23)27)16-6-5-7-17(16)28-22/h8-11,13,20,24H,4-7,12H2,1-3H3,(H2,23,27)(H,25,26)/p+1/t20-/m0/s1. The lowest BCUT2D eigenvalue weighted by Crippen LogP contribution is -2.88. The Bertz CT molecular complexity index is 855. The van der Waals surface area contributed by atoms with E-state index in [0.717, 1.165) is 31.2 Å². The first-order valence-electron chi connectivity index (χ1n) is 10.1. The lowest BCUT2D eigenvalue weighted by atomic mass is 9.95. The Morgan fingerprint density at radius 1 is 1.21 bits per heavy atom. The molecule has 2 aromatic rings. The Kier molecular flexibility index (Phi) is 6.52. The number of rotatable bonds is 8. The highest BCUT2D eigenvalue weighted by atomic mass is 32.1. The molecule has 0 saturated heterocycles. The van der Waals surface area contributed by atoms with Gasteiger partial charge in [-0.3, -0.25) is 9.59 Å². The van der Waals surface area contributed by atoms with Gasteiger partial charge in [-0.05, 0) is 36.8 Å². The van der Waals surface area contributed by atoms with Crippen LogP contribution >= 0.6 is 11.3 Å². The number of primary amides is 1. The van der Waals surface area contributed by atoms with Gasteiger partial charge < -0.3 is 16.4 Å². The van der Waals surface area contributed by atoms with Crippen molar-refractivity contribution in [3.63, 3.8) is 0 Å². The van der Waals surface area contributed by atoms with Crippen LogP contribution < -0.4 is 16.4 Å². The number of thiophene rings is 1. The second-order valence-electron chi connectivity index (χ2n) is 7.78. The maximum Gasteiger partial charge on any atom is 0.280 e. The fraction of sp³-hybridized carbons (Fsp3) is 0.455. The second-order valence-corrected chi connectivity index (χ2v) is 8.88. The van der Waals surface area contributed by atoms with Crippen molar-refractivity contribution in [2.45, 2.75) is 52.5 Å². The molecule has 1 aliphatic carbocycles. The zero-order chi connectivity index (χ0) is 20.3. The molecule has 0 bridgehead atoms. The summed E-state index contributed by atoms with van der Waals surface area (Å²) >= 11 is 1.50. The van der Waals surface area contributed by atoms with Crippen LogP contribution in [0.1, 0.15) is 65.2 Å². The molecule has 2 amide bonds. The number of carbonyl (C=O) groups is 2. The van der Waals surface area contributed by atoms with Crippen molar-refractivity contribution >= 4 is 28.2 Å². The van der Waals surface area contributed by atoms with Crippen molar-refractivity contribution in [3.8, 4) is 0 Å². The van der Waals surface area contributed by atoms with Crippen molar-refractivity contribution < 1.29 is 14.9 Å². The summed E-state index contributed by atoms with van der Waals surface area (Å²) in [6.45, 7) is 6.79. The third kappa shape index (κ3) is 4.45. The molecule has 0 aliphatic heterocycles. The number of aryl methyl sites for hydroxylation is 2. The fourth-order valence-corrected chi connectivity index (χ4v) is 5.24. The van der Waals surface area contributed by atoms with E-state index in [2.05, 4.69) is 55.7 Å². The van der Waals surface area contributed by atoms with Gasteiger partial charge in [0.1, 0.15) is 11.0 Å². The molecule has 5 N–H and O–H groups in total. The topological polar surface area (TPSA) is 88.8 Å². The third-order valence-electron chi connectivity index (χ3n) is 5.47. The van der Waals surface area contributed by atoms with Gasteiger partial charge in [-0.1, -0.05) is 45.0 Å². The number of carbonyl (C=O) groups excluding carboxylic acids is 2. The molecule has 28 heavy (non-hydrogen) atoms. The van der Waals surface area contributed by atoms with Gasteiger partial charge in [-0.2, -0.15) is 0 Å². The number of hydrogen-bond donors (Lipinski definition) is 3. The smallest absolute Gasteiger partial charge is 0.280 e. The van der Waals surface area contributed by atoms with Crippen LogP contribution in [0.15, 0.2) is 24.3 Å². The van der Waals surface area contributed by atoms with Gasteiger partial charge in [0, 0.05) is 16.4 Å². The minimum atomic E-state index is -0.449. The molecule has 3 rings (SSSR count). The highest BCUT2D eigenvalue weighted by Gasteiger charge is 2.27. The number of nitrogens with two attached hydrogens (primary N) is 2. The summed E-state index contributed by atoms with van der Waals surface area (Å²) in [7, 11) is 0. The fourth-order valence-electron chi connectivity index (χ4n) is 3.93. The summed E-state index contributed by atoms with van der Waals surface area (Å²) in [5.74, 6) is -0.153. The van der Waals surface area contributed by atoms with E-state index in [1.54, 1.807) is 0 Å². The lowest BCUT2D eigenvalue weighted by Gasteiger charge is -2.19. The molecular formula is C22H30N3O2S+. The highest BCUT2D eigenvalue weighted by Crippen LogP contribution is 2.38. The maximum atomic E-state index is 12.6. The molecule has 0 saturated carbocycles. The zero-order valence-electron chi connectivity index (χ0n) is 16.9. The first-order valence-corrected chi connectivity index (χ1v) is 10.9. The molecule has 1 heterocycles. The Labute approximate surface area is 170 Å². The highest BCUT2D eigenvalue weighted by molar-refractivity contribution is 7.17. The van der Waals surface area contributed by atoms with E-state index in [9.17, 15) is 9.59 Å². The van der Waals surface area contributed by atoms with Crippen LogP contribution in [0.5, 0.6) is 0 Å². The number of amides is 2. The lowest BCUT2D eigenvalue weighted by molar-refractivity contribution is -0.692. The number of hydrogen-bond acceptors (Lipinski definition) is 3. The normalized spacial score (nSPS) is 14.1. The van der Waals surface area contributed by atoms with E-state index in [1.165, 1.54) is 27.3 Å². The number of quaternary nitrogens is 1. The van der Waals surface area contributed by atoms with Crippen molar-refractivity contribution in [3.05, 3.63) is 51.4 Å². The Balaban J connectivity index is 1.66. The molecule has 0 unspecified atom stereocenters. The molecule has 150 valence electrons. The minimum absolute atomic E-state index is 0.0988. The van der Waals surface area contributed by atoms with Crippen molar-refractivity contribution in [2.75, 3.05) is 11.9 Å². The van der Waals surface area contributed by atoms with Crippen molar-refractivity contribution in [1.29, 1.82) is 0 Å². The molecule has 6 heteroatoms.